The molecule has 0 aromatic heterocycles. The Bertz CT molecular complexity index is 481. The van der Waals surface area contributed by atoms with Crippen LogP contribution in [0, 0.1) is 11.8 Å². The fourth-order valence-corrected chi connectivity index (χ4v) is 3.19. The van der Waals surface area contributed by atoms with Crippen LogP contribution in [-0.2, 0) is 11.2 Å². The van der Waals surface area contributed by atoms with Crippen LogP contribution in [0.1, 0.15) is 38.7 Å². The van der Waals surface area contributed by atoms with Gasteiger partial charge in [-0.05, 0) is 62.7 Å². The molecule has 1 aromatic rings. The van der Waals surface area contributed by atoms with E-state index in [-0.39, 0.29) is 5.91 Å². The molecule has 24 heavy (non-hydrogen) atoms. The van der Waals surface area contributed by atoms with Crippen LogP contribution in [0.4, 0.5) is 0 Å². The molecule has 0 aliphatic carbocycles. The molecule has 134 valence electrons. The third-order valence-electron chi connectivity index (χ3n) is 4.93. The quantitative estimate of drug-likeness (QED) is 0.769. The number of rotatable bonds is 8. The molecule has 1 heterocycles. The van der Waals surface area contributed by atoms with Crippen LogP contribution in [0.2, 0.25) is 0 Å². The second kappa shape index (κ2) is 9.80. The molecular weight excluding hydrogens is 298 g/mol. The largest absolute Gasteiger partial charge is 0.354 e. The van der Waals surface area contributed by atoms with Crippen molar-refractivity contribution in [3.63, 3.8) is 0 Å². The summed E-state index contributed by atoms with van der Waals surface area (Å²) < 4.78 is 0. The molecule has 0 radical (unpaired) electrons. The standard InChI is InChI=1S/C20H33N3O/c1-16(2)8-11-23-12-9-18(10-13-23)15-22-20(24)19(21)14-17-6-4-3-5-7-17/h3-7,16,18-19H,8-15,21H2,1-2H3,(H,22,24). The van der Waals surface area contributed by atoms with Crippen molar-refractivity contribution in [3.05, 3.63) is 35.9 Å². The van der Waals surface area contributed by atoms with E-state index in [4.69, 9.17) is 5.73 Å². The summed E-state index contributed by atoms with van der Waals surface area (Å²) in [5.41, 5.74) is 7.14. The summed E-state index contributed by atoms with van der Waals surface area (Å²) >= 11 is 0. The van der Waals surface area contributed by atoms with E-state index in [1.807, 2.05) is 30.3 Å². The number of benzene rings is 1. The molecular formula is C20H33N3O. The molecule has 0 saturated carbocycles. The predicted molar refractivity (Wildman–Crippen MR) is 99.8 cm³/mol. The fourth-order valence-electron chi connectivity index (χ4n) is 3.19. The minimum atomic E-state index is -0.460. The molecule has 2 rings (SSSR count). The van der Waals surface area contributed by atoms with Crippen LogP contribution in [0.15, 0.2) is 30.3 Å². The lowest BCUT2D eigenvalue weighted by Crippen LogP contribution is -2.45. The van der Waals surface area contributed by atoms with Crippen molar-refractivity contribution < 1.29 is 4.79 Å². The Kier molecular flexibility index (Phi) is 7.73. The summed E-state index contributed by atoms with van der Waals surface area (Å²) in [7, 11) is 0. The molecule has 1 atom stereocenters. The van der Waals surface area contributed by atoms with Crippen LogP contribution in [0.25, 0.3) is 0 Å². The topological polar surface area (TPSA) is 58.4 Å². The second-order valence-corrected chi connectivity index (χ2v) is 7.51. The highest BCUT2D eigenvalue weighted by atomic mass is 16.2. The monoisotopic (exact) mass is 331 g/mol. The molecule has 1 aromatic carbocycles. The third-order valence-corrected chi connectivity index (χ3v) is 4.93. The zero-order valence-electron chi connectivity index (χ0n) is 15.2. The Morgan fingerprint density at radius 1 is 1.25 bits per heavy atom. The summed E-state index contributed by atoms with van der Waals surface area (Å²) in [5, 5.41) is 3.05. The Hall–Kier alpha value is -1.39. The van der Waals surface area contributed by atoms with Gasteiger partial charge in [-0.1, -0.05) is 44.2 Å². The van der Waals surface area contributed by atoms with Crippen LogP contribution >= 0.6 is 0 Å². The molecule has 1 unspecified atom stereocenters. The first kappa shape index (κ1) is 18.9. The molecule has 0 spiro atoms. The second-order valence-electron chi connectivity index (χ2n) is 7.51. The van der Waals surface area contributed by atoms with E-state index >= 15 is 0 Å². The number of carbonyl (C=O) groups is 1. The smallest absolute Gasteiger partial charge is 0.237 e. The number of likely N-dealkylation sites (tertiary alicyclic amines) is 1. The van der Waals surface area contributed by atoms with Gasteiger partial charge in [-0.25, -0.2) is 0 Å². The summed E-state index contributed by atoms with van der Waals surface area (Å²) in [6.45, 7) is 8.84. The number of nitrogens with two attached hydrogens (primary N) is 1. The number of piperidine rings is 1. The number of amides is 1. The lowest BCUT2D eigenvalue weighted by atomic mass is 9.96. The molecule has 1 aliphatic heterocycles. The van der Waals surface area contributed by atoms with Crippen molar-refractivity contribution in [1.82, 2.24) is 10.2 Å². The number of nitrogens with one attached hydrogen (secondary N) is 1. The minimum absolute atomic E-state index is 0.0268. The van der Waals surface area contributed by atoms with Gasteiger partial charge in [0.25, 0.3) is 0 Å². The van der Waals surface area contributed by atoms with Gasteiger partial charge in [-0.15, -0.1) is 0 Å². The van der Waals surface area contributed by atoms with E-state index in [2.05, 4.69) is 24.1 Å². The fraction of sp³-hybridized carbons (Fsp3) is 0.650. The summed E-state index contributed by atoms with van der Waals surface area (Å²) in [4.78, 5) is 14.7. The zero-order chi connectivity index (χ0) is 17.4. The van der Waals surface area contributed by atoms with Crippen LogP contribution in [0.3, 0.4) is 0 Å². The van der Waals surface area contributed by atoms with Gasteiger partial charge in [0.15, 0.2) is 0 Å². The van der Waals surface area contributed by atoms with Gasteiger partial charge in [0, 0.05) is 6.54 Å². The van der Waals surface area contributed by atoms with Gasteiger partial charge >= 0.3 is 0 Å². The highest BCUT2D eigenvalue weighted by Gasteiger charge is 2.21. The summed E-state index contributed by atoms with van der Waals surface area (Å²) in [6, 6.07) is 9.50. The van der Waals surface area contributed by atoms with Crippen LogP contribution in [-0.4, -0.2) is 43.0 Å². The molecule has 1 saturated heterocycles. The van der Waals surface area contributed by atoms with Gasteiger partial charge in [0.1, 0.15) is 0 Å². The van der Waals surface area contributed by atoms with Gasteiger partial charge in [0.2, 0.25) is 5.91 Å². The van der Waals surface area contributed by atoms with E-state index < -0.39 is 6.04 Å². The molecule has 1 aliphatic rings. The van der Waals surface area contributed by atoms with Crippen molar-refractivity contribution in [2.24, 2.45) is 17.6 Å². The van der Waals surface area contributed by atoms with Crippen LogP contribution < -0.4 is 11.1 Å². The number of hydrogen-bond acceptors (Lipinski definition) is 3. The Morgan fingerprint density at radius 3 is 2.54 bits per heavy atom. The highest BCUT2D eigenvalue weighted by molar-refractivity contribution is 5.81. The van der Waals surface area contributed by atoms with E-state index in [0.717, 1.165) is 31.1 Å². The SMILES string of the molecule is CC(C)CCN1CCC(CNC(=O)C(N)Cc2ccccc2)CC1. The summed E-state index contributed by atoms with van der Waals surface area (Å²) in [5.74, 6) is 1.34. The van der Waals surface area contributed by atoms with Crippen molar-refractivity contribution in [1.29, 1.82) is 0 Å². The predicted octanol–water partition coefficient (Wildman–Crippen LogP) is 2.43. The molecule has 3 N–H and O–H groups in total. The Balaban J connectivity index is 1.64. The van der Waals surface area contributed by atoms with Crippen molar-refractivity contribution in [2.45, 2.75) is 45.6 Å². The van der Waals surface area contributed by atoms with Gasteiger partial charge in [-0.3, -0.25) is 4.79 Å². The Labute approximate surface area is 146 Å². The molecule has 0 bridgehead atoms. The van der Waals surface area contributed by atoms with E-state index in [0.29, 0.717) is 12.3 Å². The van der Waals surface area contributed by atoms with Gasteiger partial charge in [-0.2, -0.15) is 0 Å². The van der Waals surface area contributed by atoms with E-state index in [1.54, 1.807) is 0 Å². The first-order valence-electron chi connectivity index (χ1n) is 9.34. The van der Waals surface area contributed by atoms with E-state index in [1.165, 1.54) is 25.8 Å². The molecule has 4 nitrogen and oxygen atoms in total. The molecule has 4 heteroatoms. The normalized spacial score (nSPS) is 17.8. The zero-order valence-corrected chi connectivity index (χ0v) is 15.2. The maximum absolute atomic E-state index is 12.2. The number of carbonyl (C=O) groups excluding carboxylic acids is 1. The van der Waals surface area contributed by atoms with Crippen molar-refractivity contribution in [3.8, 4) is 0 Å². The lowest BCUT2D eigenvalue weighted by Gasteiger charge is -2.32. The third kappa shape index (κ3) is 6.62. The van der Waals surface area contributed by atoms with E-state index in [9.17, 15) is 4.79 Å². The lowest BCUT2D eigenvalue weighted by molar-refractivity contribution is -0.122. The molecule has 1 fully saturated rings. The minimum Gasteiger partial charge on any atom is -0.354 e. The highest BCUT2D eigenvalue weighted by Crippen LogP contribution is 2.17. The Morgan fingerprint density at radius 2 is 1.92 bits per heavy atom. The van der Waals surface area contributed by atoms with Crippen molar-refractivity contribution in [2.75, 3.05) is 26.2 Å². The van der Waals surface area contributed by atoms with Gasteiger partial charge in [0.05, 0.1) is 6.04 Å². The first-order chi connectivity index (χ1) is 11.5. The van der Waals surface area contributed by atoms with Gasteiger partial charge < -0.3 is 16.0 Å². The first-order valence-corrected chi connectivity index (χ1v) is 9.34. The molecule has 1 amide bonds. The number of hydrogen-bond donors (Lipinski definition) is 2. The number of nitrogens with zero attached hydrogens (tertiary/aromatic N) is 1. The van der Waals surface area contributed by atoms with Crippen LogP contribution in [0.5, 0.6) is 0 Å². The summed E-state index contributed by atoms with van der Waals surface area (Å²) in [6.07, 6.45) is 4.22. The maximum atomic E-state index is 12.2. The average Bonchev–Trinajstić information content (AvgIpc) is 2.59. The van der Waals surface area contributed by atoms with Crippen molar-refractivity contribution >= 4 is 5.91 Å². The maximum Gasteiger partial charge on any atom is 0.237 e. The average molecular weight is 332 g/mol.